The first-order chi connectivity index (χ1) is 8.61. The van der Waals surface area contributed by atoms with E-state index in [4.69, 9.17) is 4.74 Å². The quantitative estimate of drug-likeness (QED) is 0.459. The Labute approximate surface area is 124 Å². The lowest BCUT2D eigenvalue weighted by atomic mass is 9.76. The van der Waals surface area contributed by atoms with Crippen LogP contribution in [-0.2, 0) is 9.53 Å². The van der Waals surface area contributed by atoms with Crippen LogP contribution in [0.4, 0.5) is 0 Å². The Morgan fingerprint density at radius 2 is 2.39 bits per heavy atom. The fourth-order valence-corrected chi connectivity index (χ4v) is 2.94. The van der Waals surface area contributed by atoms with Gasteiger partial charge < -0.3 is 9.84 Å². The van der Waals surface area contributed by atoms with E-state index < -0.39 is 5.97 Å². The number of esters is 1. The molecule has 0 aromatic carbocycles. The highest BCUT2D eigenvalue weighted by atomic mass is 127. The molecule has 1 aliphatic rings. The van der Waals surface area contributed by atoms with Gasteiger partial charge in [0.1, 0.15) is 5.76 Å². The molecule has 0 amide bonds. The van der Waals surface area contributed by atoms with Crippen LogP contribution in [0.5, 0.6) is 0 Å². The third-order valence-electron chi connectivity index (χ3n) is 3.30. The highest BCUT2D eigenvalue weighted by Gasteiger charge is 2.33. The fraction of sp³-hybridized carbons (Fsp3) is 0.615. The molecular weight excluding hydrogens is 363 g/mol. The number of rotatable bonds is 3. The normalized spacial score (nSPS) is 23.3. The van der Waals surface area contributed by atoms with E-state index >= 15 is 0 Å². The zero-order valence-corrected chi connectivity index (χ0v) is 13.5. The molecule has 1 aliphatic carbocycles. The summed E-state index contributed by atoms with van der Waals surface area (Å²) in [6.07, 6.45) is 3.00. The zero-order chi connectivity index (χ0) is 13.5. The molecule has 2 unspecified atom stereocenters. The van der Waals surface area contributed by atoms with Gasteiger partial charge in [0.05, 0.1) is 12.7 Å². The van der Waals surface area contributed by atoms with Gasteiger partial charge in [0, 0.05) is 34.0 Å². The lowest BCUT2D eigenvalue weighted by molar-refractivity contribution is -0.137. The second-order valence-corrected chi connectivity index (χ2v) is 6.05. The van der Waals surface area contributed by atoms with Crippen LogP contribution in [0, 0.1) is 23.0 Å². The van der Waals surface area contributed by atoms with E-state index in [1.54, 1.807) is 0 Å². The Bertz CT molecular complexity index is 395. The predicted molar refractivity (Wildman–Crippen MR) is 82.2 cm³/mol. The van der Waals surface area contributed by atoms with Crippen LogP contribution in [0.25, 0.3) is 0 Å². The Kier molecular flexibility index (Phi) is 6.94. The largest absolute Gasteiger partial charge is 0.512 e. The van der Waals surface area contributed by atoms with Gasteiger partial charge in [-0.25, -0.2) is 4.79 Å². The van der Waals surface area contributed by atoms with E-state index in [2.05, 4.69) is 39.3 Å². The molecule has 0 aromatic heterocycles. The molecule has 1 rings (SSSR count). The van der Waals surface area contributed by atoms with Gasteiger partial charge in [0.15, 0.2) is 0 Å². The number of methoxy groups -OCH3 is 1. The van der Waals surface area contributed by atoms with Gasteiger partial charge in [0.2, 0.25) is 0 Å². The molecule has 0 bridgehead atoms. The molecule has 0 aromatic rings. The van der Waals surface area contributed by atoms with Crippen molar-refractivity contribution in [2.45, 2.75) is 32.6 Å². The van der Waals surface area contributed by atoms with Crippen molar-refractivity contribution in [3.8, 4) is 11.2 Å². The van der Waals surface area contributed by atoms with Gasteiger partial charge in [-0.1, -0.05) is 12.8 Å². The molecule has 0 saturated carbocycles. The first-order valence-corrected chi connectivity index (χ1v) is 9.23. The smallest absolute Gasteiger partial charge is 0.337 e. The Morgan fingerprint density at radius 3 is 3.00 bits per heavy atom. The minimum Gasteiger partial charge on any atom is -0.512 e. The van der Waals surface area contributed by atoms with Gasteiger partial charge in [-0.2, -0.15) is 0 Å². The summed E-state index contributed by atoms with van der Waals surface area (Å²) in [6.45, 7) is 2.11. The molecule has 18 heavy (non-hydrogen) atoms. The van der Waals surface area contributed by atoms with Gasteiger partial charge in [-0.05, 0) is 38.9 Å². The van der Waals surface area contributed by atoms with Crippen LogP contribution in [0.3, 0.4) is 0 Å². The molecule has 0 radical (unpaired) electrons. The van der Waals surface area contributed by atoms with Gasteiger partial charge in [-0.3, -0.25) is 0 Å². The lowest BCUT2D eigenvalue weighted by Crippen LogP contribution is -2.26. The third kappa shape index (κ3) is 4.09. The number of aliphatic hydroxyl groups excluding tert-OH is 1. The molecule has 0 heterocycles. The number of ether oxygens (including phenoxy) is 1. The van der Waals surface area contributed by atoms with E-state index in [9.17, 15) is 9.90 Å². The van der Waals surface area contributed by atoms with Crippen molar-refractivity contribution < 1.29 is 14.6 Å². The number of hydrogen-bond acceptors (Lipinski definition) is 4. The van der Waals surface area contributed by atoms with Crippen molar-refractivity contribution in [1.29, 1.82) is 0 Å². The van der Waals surface area contributed by atoms with Crippen molar-refractivity contribution in [3.05, 3.63) is 11.3 Å². The molecule has 2 atom stereocenters. The summed E-state index contributed by atoms with van der Waals surface area (Å²) in [7, 11) is 2.81. The lowest BCUT2D eigenvalue weighted by Gasteiger charge is -2.29. The number of allylic oxidation sites excluding steroid dienone is 1. The molecular formula is C13H17IO3S. The van der Waals surface area contributed by atoms with Crippen LogP contribution in [0.15, 0.2) is 11.3 Å². The fourth-order valence-electron chi connectivity index (χ4n) is 2.31. The minimum atomic E-state index is -0.403. The third-order valence-corrected chi connectivity index (χ3v) is 4.18. The van der Waals surface area contributed by atoms with Crippen molar-refractivity contribution in [2.75, 3.05) is 7.11 Å². The Balaban J connectivity index is 2.82. The maximum Gasteiger partial charge on any atom is 0.337 e. The highest BCUT2D eigenvalue weighted by Crippen LogP contribution is 2.37. The first-order valence-electron chi connectivity index (χ1n) is 5.87. The van der Waals surface area contributed by atoms with Gasteiger partial charge in [-0.15, -0.1) is 0 Å². The van der Waals surface area contributed by atoms with Crippen molar-refractivity contribution in [3.63, 3.8) is 0 Å². The number of carbonyl (C=O) groups excluding carboxylic acids is 1. The maximum absolute atomic E-state index is 11.7. The topological polar surface area (TPSA) is 46.5 Å². The molecule has 0 saturated heterocycles. The summed E-state index contributed by atoms with van der Waals surface area (Å²) in [6, 6.07) is 0. The van der Waals surface area contributed by atoms with Crippen molar-refractivity contribution in [1.82, 2.24) is 0 Å². The summed E-state index contributed by atoms with van der Waals surface area (Å²) in [5, 5.41) is 12.8. The van der Waals surface area contributed by atoms with E-state index in [0.717, 1.165) is 19.3 Å². The Hall–Kier alpha value is -0.350. The van der Waals surface area contributed by atoms with E-state index in [1.165, 1.54) is 16.0 Å². The molecule has 1 N–H and O–H groups in total. The second-order valence-electron chi connectivity index (χ2n) is 4.37. The molecule has 100 valence electrons. The van der Waals surface area contributed by atoms with Gasteiger partial charge in [0.25, 0.3) is 0 Å². The number of carbonyl (C=O) groups is 1. The summed E-state index contributed by atoms with van der Waals surface area (Å²) < 4.78 is 4.77. The van der Waals surface area contributed by atoms with E-state index in [0.29, 0.717) is 17.9 Å². The summed E-state index contributed by atoms with van der Waals surface area (Å²) >= 11 is 2.13. The number of aliphatic hydroxyl groups is 1. The van der Waals surface area contributed by atoms with Crippen LogP contribution < -0.4 is 0 Å². The standard InChI is InChI=1S/C13H17IO3S/c1-9-6-7-11(15)12(13(16)17-2)10(9)5-3-4-8-18-14/h9-10,15H,3,5-7H2,1-2H3. The molecule has 0 aliphatic heterocycles. The number of halogens is 1. The average molecular weight is 380 g/mol. The molecule has 5 heteroatoms. The van der Waals surface area contributed by atoms with Crippen LogP contribution in [0.1, 0.15) is 32.6 Å². The van der Waals surface area contributed by atoms with Crippen molar-refractivity contribution in [2.24, 2.45) is 11.8 Å². The SMILES string of the molecule is COC(=O)C1=C(O)CCC(C)C1CCC#CSI. The van der Waals surface area contributed by atoms with Crippen LogP contribution in [-0.4, -0.2) is 18.2 Å². The van der Waals surface area contributed by atoms with E-state index in [-0.39, 0.29) is 11.7 Å². The molecule has 0 spiro atoms. The first kappa shape index (κ1) is 15.7. The summed E-state index contributed by atoms with van der Waals surface area (Å²) in [4.78, 5) is 11.7. The van der Waals surface area contributed by atoms with Crippen molar-refractivity contribution >= 4 is 36.1 Å². The second kappa shape index (κ2) is 7.95. The van der Waals surface area contributed by atoms with Crippen LogP contribution in [0.2, 0.25) is 0 Å². The minimum absolute atomic E-state index is 0.0553. The van der Waals surface area contributed by atoms with Gasteiger partial charge >= 0.3 is 5.97 Å². The zero-order valence-electron chi connectivity index (χ0n) is 10.5. The maximum atomic E-state index is 11.7. The number of hydrogen-bond donors (Lipinski definition) is 1. The van der Waals surface area contributed by atoms with Crippen LogP contribution >= 0.6 is 30.1 Å². The summed E-state index contributed by atoms with van der Waals surface area (Å²) in [5.74, 6) is 3.27. The molecule has 0 fully saturated rings. The monoisotopic (exact) mass is 380 g/mol. The Morgan fingerprint density at radius 1 is 1.67 bits per heavy atom. The van der Waals surface area contributed by atoms with E-state index in [1.807, 2.05) is 0 Å². The predicted octanol–water partition coefficient (Wildman–Crippen LogP) is 3.84. The molecule has 3 nitrogen and oxygen atoms in total. The highest BCUT2D eigenvalue weighted by molar-refractivity contribution is 14.2. The summed E-state index contributed by atoms with van der Waals surface area (Å²) in [5.41, 5.74) is 0.458. The average Bonchev–Trinajstić information content (AvgIpc) is 2.37.